The molecule has 0 spiro atoms. The van der Waals surface area contributed by atoms with Gasteiger partial charge in [-0.15, -0.1) is 0 Å². The third kappa shape index (κ3) is 5.58. The van der Waals surface area contributed by atoms with E-state index in [0.29, 0.717) is 23.7 Å². The van der Waals surface area contributed by atoms with Gasteiger partial charge in [0.2, 0.25) is 10.0 Å². The van der Waals surface area contributed by atoms with E-state index < -0.39 is 10.0 Å². The number of piperazine rings is 1. The third-order valence-electron chi connectivity index (χ3n) is 5.99. The summed E-state index contributed by atoms with van der Waals surface area (Å²) in [6.45, 7) is 4.97. The van der Waals surface area contributed by atoms with Crippen LogP contribution in [0.15, 0.2) is 77.7 Å². The van der Waals surface area contributed by atoms with Gasteiger partial charge < -0.3 is 15.0 Å². The Balaban J connectivity index is 1.27. The highest BCUT2D eigenvalue weighted by molar-refractivity contribution is 7.89. The number of rotatable bonds is 7. The van der Waals surface area contributed by atoms with Crippen molar-refractivity contribution in [1.29, 1.82) is 0 Å². The van der Waals surface area contributed by atoms with E-state index in [0.717, 1.165) is 22.5 Å². The Morgan fingerprint density at radius 2 is 1.50 bits per heavy atom. The molecule has 178 valence electrons. The number of ether oxygens (including phenoxy) is 1. The number of sulfonamides is 1. The van der Waals surface area contributed by atoms with Gasteiger partial charge in [-0.05, 0) is 73.5 Å². The Kier molecular flexibility index (Phi) is 7.19. The molecule has 1 heterocycles. The molecule has 1 fully saturated rings. The van der Waals surface area contributed by atoms with Gasteiger partial charge in [0.25, 0.3) is 5.91 Å². The highest BCUT2D eigenvalue weighted by atomic mass is 32.2. The van der Waals surface area contributed by atoms with E-state index in [1.165, 1.54) is 4.31 Å². The van der Waals surface area contributed by atoms with Gasteiger partial charge in [-0.2, -0.15) is 4.31 Å². The Morgan fingerprint density at radius 1 is 0.853 bits per heavy atom. The number of aryl methyl sites for hydroxylation is 2. The van der Waals surface area contributed by atoms with Crippen molar-refractivity contribution >= 4 is 27.3 Å². The van der Waals surface area contributed by atoms with Crippen LogP contribution in [-0.2, 0) is 14.8 Å². The number of anilines is 2. The maximum atomic E-state index is 13.0. The van der Waals surface area contributed by atoms with Crippen molar-refractivity contribution in [2.45, 2.75) is 18.7 Å². The summed E-state index contributed by atoms with van der Waals surface area (Å²) in [6.07, 6.45) is 0. The minimum absolute atomic E-state index is 0.0879. The first kappa shape index (κ1) is 23.8. The number of benzene rings is 3. The SMILES string of the molecule is Cc1ccc(S(=O)(=O)N2CCN(C(=O)COc3ccc(Nc4ccccc4)cc3)CC2)cc1C. The molecule has 4 rings (SSSR count). The van der Waals surface area contributed by atoms with Crippen molar-refractivity contribution in [3.63, 3.8) is 0 Å². The summed E-state index contributed by atoms with van der Waals surface area (Å²) in [4.78, 5) is 14.6. The molecule has 3 aromatic carbocycles. The van der Waals surface area contributed by atoms with E-state index in [2.05, 4.69) is 5.32 Å². The molecule has 0 saturated carbocycles. The van der Waals surface area contributed by atoms with Crippen LogP contribution in [0.25, 0.3) is 0 Å². The molecule has 1 aliphatic heterocycles. The average Bonchev–Trinajstić information content (AvgIpc) is 2.85. The molecule has 1 saturated heterocycles. The lowest BCUT2D eigenvalue weighted by Gasteiger charge is -2.34. The highest BCUT2D eigenvalue weighted by Gasteiger charge is 2.30. The van der Waals surface area contributed by atoms with E-state index in [1.54, 1.807) is 17.0 Å². The molecular formula is C26H29N3O4S. The van der Waals surface area contributed by atoms with Gasteiger partial charge in [0.15, 0.2) is 6.61 Å². The van der Waals surface area contributed by atoms with Crippen LogP contribution >= 0.6 is 0 Å². The van der Waals surface area contributed by atoms with Crippen LogP contribution in [0.2, 0.25) is 0 Å². The molecule has 0 aromatic heterocycles. The number of para-hydroxylation sites is 1. The van der Waals surface area contributed by atoms with Gasteiger partial charge >= 0.3 is 0 Å². The molecule has 0 radical (unpaired) electrons. The van der Waals surface area contributed by atoms with Crippen LogP contribution in [0, 0.1) is 13.8 Å². The average molecular weight is 480 g/mol. The number of nitrogens with zero attached hydrogens (tertiary/aromatic N) is 2. The van der Waals surface area contributed by atoms with Crippen molar-refractivity contribution in [2.75, 3.05) is 38.1 Å². The molecule has 8 heteroatoms. The number of hydrogen-bond donors (Lipinski definition) is 1. The zero-order chi connectivity index (χ0) is 24.1. The monoisotopic (exact) mass is 479 g/mol. The molecule has 0 atom stereocenters. The minimum Gasteiger partial charge on any atom is -0.484 e. The molecule has 1 amide bonds. The van der Waals surface area contributed by atoms with Crippen LogP contribution in [0.4, 0.5) is 11.4 Å². The van der Waals surface area contributed by atoms with E-state index in [9.17, 15) is 13.2 Å². The van der Waals surface area contributed by atoms with E-state index >= 15 is 0 Å². The fraction of sp³-hybridized carbons (Fsp3) is 0.269. The van der Waals surface area contributed by atoms with Crippen molar-refractivity contribution in [1.82, 2.24) is 9.21 Å². The molecule has 1 N–H and O–H groups in total. The Morgan fingerprint density at radius 3 is 2.15 bits per heavy atom. The quantitative estimate of drug-likeness (QED) is 0.555. The molecule has 7 nitrogen and oxygen atoms in total. The predicted octanol–water partition coefficient (Wildman–Crippen LogP) is 3.96. The van der Waals surface area contributed by atoms with Gasteiger partial charge in [0.1, 0.15) is 5.75 Å². The number of carbonyl (C=O) groups is 1. The zero-order valence-electron chi connectivity index (χ0n) is 19.4. The van der Waals surface area contributed by atoms with Crippen molar-refractivity contribution in [3.05, 3.63) is 83.9 Å². The maximum Gasteiger partial charge on any atom is 0.260 e. The number of carbonyl (C=O) groups excluding carboxylic acids is 1. The normalized spacial score (nSPS) is 14.6. The summed E-state index contributed by atoms with van der Waals surface area (Å²) >= 11 is 0. The largest absolute Gasteiger partial charge is 0.484 e. The van der Waals surface area contributed by atoms with E-state index in [4.69, 9.17) is 4.74 Å². The topological polar surface area (TPSA) is 79.0 Å². The van der Waals surface area contributed by atoms with Crippen molar-refractivity contribution < 1.29 is 17.9 Å². The van der Waals surface area contributed by atoms with Crippen molar-refractivity contribution in [2.24, 2.45) is 0 Å². The summed E-state index contributed by atoms with van der Waals surface area (Å²) in [6, 6.07) is 22.4. The lowest BCUT2D eigenvalue weighted by Crippen LogP contribution is -2.51. The first-order chi connectivity index (χ1) is 16.3. The molecule has 0 bridgehead atoms. The van der Waals surface area contributed by atoms with Crippen LogP contribution in [0.1, 0.15) is 11.1 Å². The molecule has 3 aromatic rings. The first-order valence-electron chi connectivity index (χ1n) is 11.2. The molecule has 34 heavy (non-hydrogen) atoms. The zero-order valence-corrected chi connectivity index (χ0v) is 20.2. The molecule has 0 unspecified atom stereocenters. The first-order valence-corrected chi connectivity index (χ1v) is 12.7. The van der Waals surface area contributed by atoms with Crippen LogP contribution < -0.4 is 10.1 Å². The fourth-order valence-corrected chi connectivity index (χ4v) is 5.27. The van der Waals surface area contributed by atoms with Gasteiger partial charge in [0, 0.05) is 37.6 Å². The number of nitrogens with one attached hydrogen (secondary N) is 1. The third-order valence-corrected chi connectivity index (χ3v) is 7.88. The molecular weight excluding hydrogens is 450 g/mol. The lowest BCUT2D eigenvalue weighted by molar-refractivity contribution is -0.134. The lowest BCUT2D eigenvalue weighted by atomic mass is 10.1. The summed E-state index contributed by atoms with van der Waals surface area (Å²) in [7, 11) is -3.57. The second kappa shape index (κ2) is 10.3. The molecule has 1 aliphatic rings. The van der Waals surface area contributed by atoms with Gasteiger partial charge in [-0.1, -0.05) is 24.3 Å². The maximum absolute atomic E-state index is 13.0. The smallest absolute Gasteiger partial charge is 0.260 e. The predicted molar refractivity (Wildman–Crippen MR) is 133 cm³/mol. The Bertz CT molecular complexity index is 1240. The standard InChI is InChI=1S/C26H29N3O4S/c1-20-8-13-25(18-21(20)2)34(31,32)29-16-14-28(15-17-29)26(30)19-33-24-11-9-23(10-12-24)27-22-6-4-3-5-7-22/h3-13,18,27H,14-17,19H2,1-2H3. The summed E-state index contributed by atoms with van der Waals surface area (Å²) in [5, 5.41) is 3.30. The van der Waals surface area contributed by atoms with Gasteiger partial charge in [-0.25, -0.2) is 8.42 Å². The Hall–Kier alpha value is -3.36. The van der Waals surface area contributed by atoms with Crippen molar-refractivity contribution in [3.8, 4) is 5.75 Å². The second-order valence-corrected chi connectivity index (χ2v) is 10.3. The van der Waals surface area contributed by atoms with E-state index in [1.807, 2.05) is 74.5 Å². The van der Waals surface area contributed by atoms with Gasteiger partial charge in [0.05, 0.1) is 4.90 Å². The fourth-order valence-electron chi connectivity index (χ4n) is 3.76. The summed E-state index contributed by atoms with van der Waals surface area (Å²) in [5.74, 6) is 0.442. The number of amides is 1. The summed E-state index contributed by atoms with van der Waals surface area (Å²) < 4.78 is 33.1. The van der Waals surface area contributed by atoms with Crippen LogP contribution in [0.3, 0.4) is 0 Å². The Labute approximate surface area is 201 Å². The van der Waals surface area contributed by atoms with Crippen LogP contribution in [0.5, 0.6) is 5.75 Å². The van der Waals surface area contributed by atoms with Gasteiger partial charge in [-0.3, -0.25) is 4.79 Å². The molecule has 0 aliphatic carbocycles. The minimum atomic E-state index is -3.57. The van der Waals surface area contributed by atoms with E-state index in [-0.39, 0.29) is 25.6 Å². The number of hydrogen-bond acceptors (Lipinski definition) is 5. The highest BCUT2D eigenvalue weighted by Crippen LogP contribution is 2.22. The van der Waals surface area contributed by atoms with Crippen LogP contribution in [-0.4, -0.2) is 56.3 Å². The second-order valence-electron chi connectivity index (χ2n) is 8.34. The summed E-state index contributed by atoms with van der Waals surface area (Å²) in [5.41, 5.74) is 3.91.